The number of hydrogen-bond donors (Lipinski definition) is 0. The Balaban J connectivity index is 1.36. The number of rotatable bonds is 3. The maximum atomic E-state index is 13.1. The Morgan fingerprint density at radius 2 is 1.54 bits per heavy atom. The van der Waals surface area contributed by atoms with Crippen LogP contribution in [0.3, 0.4) is 0 Å². The topological polar surface area (TPSA) is 66.7 Å². The highest BCUT2D eigenvalue weighted by Gasteiger charge is 2.30. The van der Waals surface area contributed by atoms with Gasteiger partial charge in [-0.2, -0.15) is 9.29 Å². The number of para-hydroxylation sites is 2. The molecule has 0 N–H and O–H groups in total. The SMILES string of the molecule is O=S(=O)(c1ccc2ccccc2c1)N1CCN(c2nc3ccccc3o2)CC1. The maximum absolute atomic E-state index is 13.1. The van der Waals surface area contributed by atoms with Gasteiger partial charge in [0.25, 0.3) is 6.01 Å². The van der Waals surface area contributed by atoms with Gasteiger partial charge < -0.3 is 9.32 Å². The quantitative estimate of drug-likeness (QED) is 0.533. The van der Waals surface area contributed by atoms with Crippen LogP contribution in [0.2, 0.25) is 0 Å². The molecule has 4 aromatic rings. The smallest absolute Gasteiger partial charge is 0.298 e. The van der Waals surface area contributed by atoms with Crippen LogP contribution in [0.15, 0.2) is 76.0 Å². The van der Waals surface area contributed by atoms with Crippen molar-refractivity contribution < 1.29 is 12.8 Å². The minimum Gasteiger partial charge on any atom is -0.423 e. The zero-order valence-electron chi connectivity index (χ0n) is 15.2. The van der Waals surface area contributed by atoms with Crippen LogP contribution in [0, 0.1) is 0 Å². The van der Waals surface area contributed by atoms with E-state index in [1.807, 2.05) is 59.5 Å². The molecular formula is C21H19N3O3S. The van der Waals surface area contributed by atoms with E-state index in [9.17, 15) is 8.42 Å². The Labute approximate surface area is 163 Å². The molecule has 7 heteroatoms. The molecule has 1 saturated heterocycles. The third-order valence-electron chi connectivity index (χ3n) is 5.15. The van der Waals surface area contributed by atoms with Crippen molar-refractivity contribution >= 4 is 37.9 Å². The van der Waals surface area contributed by atoms with Crippen LogP contribution in [0.5, 0.6) is 0 Å². The first-order valence-corrected chi connectivity index (χ1v) is 10.6. The van der Waals surface area contributed by atoms with E-state index in [-0.39, 0.29) is 0 Å². The molecule has 0 unspecified atom stereocenters. The highest BCUT2D eigenvalue weighted by Crippen LogP contribution is 2.26. The number of nitrogens with zero attached hydrogens (tertiary/aromatic N) is 3. The molecule has 142 valence electrons. The normalized spacial score (nSPS) is 16.1. The molecule has 3 aromatic carbocycles. The molecule has 6 nitrogen and oxygen atoms in total. The third kappa shape index (κ3) is 2.93. The van der Waals surface area contributed by atoms with Gasteiger partial charge in [-0.15, -0.1) is 0 Å². The number of sulfonamides is 1. The largest absolute Gasteiger partial charge is 0.423 e. The Morgan fingerprint density at radius 3 is 2.32 bits per heavy atom. The van der Waals surface area contributed by atoms with Crippen LogP contribution in [0.1, 0.15) is 0 Å². The van der Waals surface area contributed by atoms with Crippen molar-refractivity contribution in [3.05, 3.63) is 66.7 Å². The number of fused-ring (bicyclic) bond motifs is 2. The minimum atomic E-state index is -3.53. The van der Waals surface area contributed by atoms with Crippen LogP contribution in [-0.4, -0.2) is 43.9 Å². The average molecular weight is 393 g/mol. The first-order chi connectivity index (χ1) is 13.6. The number of benzene rings is 3. The Morgan fingerprint density at radius 1 is 0.821 bits per heavy atom. The summed E-state index contributed by atoms with van der Waals surface area (Å²) in [6.45, 7) is 1.88. The Kier molecular flexibility index (Phi) is 4.07. The lowest BCUT2D eigenvalue weighted by Crippen LogP contribution is -2.48. The van der Waals surface area contributed by atoms with Gasteiger partial charge in [0.2, 0.25) is 10.0 Å². The number of aromatic nitrogens is 1. The van der Waals surface area contributed by atoms with E-state index in [0.29, 0.717) is 37.1 Å². The molecule has 1 aliphatic heterocycles. The molecule has 1 aromatic heterocycles. The second kappa shape index (κ2) is 6.61. The zero-order chi connectivity index (χ0) is 19.1. The summed E-state index contributed by atoms with van der Waals surface area (Å²) in [5.41, 5.74) is 1.55. The van der Waals surface area contributed by atoms with Crippen molar-refractivity contribution in [1.82, 2.24) is 9.29 Å². The molecule has 1 aliphatic rings. The van der Waals surface area contributed by atoms with Crippen LogP contribution >= 0.6 is 0 Å². The number of piperazine rings is 1. The first-order valence-electron chi connectivity index (χ1n) is 9.21. The van der Waals surface area contributed by atoms with Crippen molar-refractivity contribution in [2.45, 2.75) is 4.90 Å². The molecule has 5 rings (SSSR count). The fourth-order valence-corrected chi connectivity index (χ4v) is 5.05. The molecule has 2 heterocycles. The fourth-order valence-electron chi connectivity index (χ4n) is 3.59. The second-order valence-electron chi connectivity index (χ2n) is 6.86. The van der Waals surface area contributed by atoms with E-state index >= 15 is 0 Å². The van der Waals surface area contributed by atoms with Crippen molar-refractivity contribution in [3.8, 4) is 0 Å². The monoisotopic (exact) mass is 393 g/mol. The molecule has 0 radical (unpaired) electrons. The molecule has 28 heavy (non-hydrogen) atoms. The van der Waals surface area contributed by atoms with E-state index in [4.69, 9.17) is 4.42 Å². The highest BCUT2D eigenvalue weighted by molar-refractivity contribution is 7.89. The molecule has 1 fully saturated rings. The predicted octanol–water partition coefficient (Wildman–Crippen LogP) is 3.49. The maximum Gasteiger partial charge on any atom is 0.298 e. The van der Waals surface area contributed by atoms with E-state index in [2.05, 4.69) is 4.98 Å². The molecule has 0 spiro atoms. The summed E-state index contributed by atoms with van der Waals surface area (Å²) in [4.78, 5) is 6.83. The van der Waals surface area contributed by atoms with E-state index < -0.39 is 10.0 Å². The average Bonchev–Trinajstić information content (AvgIpc) is 3.18. The van der Waals surface area contributed by atoms with Crippen molar-refractivity contribution in [2.24, 2.45) is 0 Å². The summed E-state index contributed by atoms with van der Waals surface area (Å²) in [5.74, 6) is 0. The molecule has 0 aliphatic carbocycles. The van der Waals surface area contributed by atoms with Crippen LogP contribution < -0.4 is 4.90 Å². The number of anilines is 1. The standard InChI is InChI=1S/C21H19N3O3S/c25-28(26,18-10-9-16-5-1-2-6-17(16)15-18)24-13-11-23(12-14-24)21-22-19-7-3-4-8-20(19)27-21/h1-10,15H,11-14H2. The predicted molar refractivity (Wildman–Crippen MR) is 109 cm³/mol. The second-order valence-corrected chi connectivity index (χ2v) is 8.80. The first kappa shape index (κ1) is 17.2. The van der Waals surface area contributed by atoms with Crippen LogP contribution in [0.4, 0.5) is 6.01 Å². The molecular weight excluding hydrogens is 374 g/mol. The van der Waals surface area contributed by atoms with E-state index in [1.165, 1.54) is 4.31 Å². The van der Waals surface area contributed by atoms with Crippen LogP contribution in [-0.2, 0) is 10.0 Å². The van der Waals surface area contributed by atoms with Gasteiger partial charge in [-0.1, -0.05) is 42.5 Å². The summed E-state index contributed by atoms with van der Waals surface area (Å²) in [5, 5.41) is 1.95. The number of oxazole rings is 1. The summed E-state index contributed by atoms with van der Waals surface area (Å²) in [6, 6.07) is 21.2. The van der Waals surface area contributed by atoms with Gasteiger partial charge in [-0.25, -0.2) is 8.42 Å². The van der Waals surface area contributed by atoms with E-state index in [1.54, 1.807) is 12.1 Å². The van der Waals surface area contributed by atoms with Crippen molar-refractivity contribution in [2.75, 3.05) is 31.1 Å². The highest BCUT2D eigenvalue weighted by atomic mass is 32.2. The molecule has 0 amide bonds. The van der Waals surface area contributed by atoms with Gasteiger partial charge in [0.05, 0.1) is 4.90 Å². The van der Waals surface area contributed by atoms with Gasteiger partial charge in [-0.05, 0) is 35.0 Å². The Hall–Kier alpha value is -2.90. The zero-order valence-corrected chi connectivity index (χ0v) is 16.0. The molecule has 0 saturated carbocycles. The summed E-state index contributed by atoms with van der Waals surface area (Å²) in [6.07, 6.45) is 0. The molecule has 0 bridgehead atoms. The number of hydrogen-bond acceptors (Lipinski definition) is 5. The lowest BCUT2D eigenvalue weighted by molar-refractivity contribution is 0.374. The van der Waals surface area contributed by atoms with Gasteiger partial charge in [0.15, 0.2) is 5.58 Å². The van der Waals surface area contributed by atoms with Gasteiger partial charge >= 0.3 is 0 Å². The summed E-state index contributed by atoms with van der Waals surface area (Å²) < 4.78 is 33.5. The van der Waals surface area contributed by atoms with Crippen LogP contribution in [0.25, 0.3) is 21.9 Å². The van der Waals surface area contributed by atoms with Crippen molar-refractivity contribution in [1.29, 1.82) is 0 Å². The minimum absolute atomic E-state index is 0.335. The molecule has 0 atom stereocenters. The van der Waals surface area contributed by atoms with Gasteiger partial charge in [0, 0.05) is 26.2 Å². The third-order valence-corrected chi connectivity index (χ3v) is 7.05. The summed E-state index contributed by atoms with van der Waals surface area (Å²) >= 11 is 0. The fraction of sp³-hybridized carbons (Fsp3) is 0.190. The lowest BCUT2D eigenvalue weighted by atomic mass is 10.1. The van der Waals surface area contributed by atoms with Crippen molar-refractivity contribution in [3.63, 3.8) is 0 Å². The van der Waals surface area contributed by atoms with Gasteiger partial charge in [-0.3, -0.25) is 0 Å². The Bertz CT molecular complexity index is 1230. The van der Waals surface area contributed by atoms with Gasteiger partial charge in [0.1, 0.15) is 5.52 Å². The van der Waals surface area contributed by atoms with E-state index in [0.717, 1.165) is 21.9 Å². The lowest BCUT2D eigenvalue weighted by Gasteiger charge is -2.33. The summed E-state index contributed by atoms with van der Waals surface area (Å²) in [7, 11) is -3.53.